The molecule has 2 aromatic carbocycles. The molecule has 0 saturated carbocycles. The fourth-order valence-corrected chi connectivity index (χ4v) is 2.36. The highest BCUT2D eigenvalue weighted by molar-refractivity contribution is 6.03. The average molecular weight is 360 g/mol. The van der Waals surface area contributed by atoms with Gasteiger partial charge in [-0.2, -0.15) is 0 Å². The predicted octanol–water partition coefficient (Wildman–Crippen LogP) is 2.53. The topological polar surface area (TPSA) is 76.7 Å². The molecule has 0 radical (unpaired) electrons. The first-order valence-electron chi connectivity index (χ1n) is 8.05. The summed E-state index contributed by atoms with van der Waals surface area (Å²) in [5, 5.41) is 5.16. The van der Waals surface area contributed by atoms with E-state index in [2.05, 4.69) is 10.6 Å². The molecule has 0 heterocycles. The summed E-state index contributed by atoms with van der Waals surface area (Å²) < 4.78 is 23.5. The SMILES string of the molecule is COc1ccc(CCNC(=O)CC(=O)Nc2cccc(F)c2)cc1OC. The van der Waals surface area contributed by atoms with Crippen LogP contribution in [0.2, 0.25) is 0 Å². The van der Waals surface area contributed by atoms with Crippen LogP contribution in [0.4, 0.5) is 10.1 Å². The van der Waals surface area contributed by atoms with Gasteiger partial charge in [0.2, 0.25) is 11.8 Å². The molecule has 0 saturated heterocycles. The van der Waals surface area contributed by atoms with Gasteiger partial charge in [-0.15, -0.1) is 0 Å². The number of carbonyl (C=O) groups excluding carboxylic acids is 2. The molecule has 6 nitrogen and oxygen atoms in total. The second-order valence-corrected chi connectivity index (χ2v) is 5.52. The van der Waals surface area contributed by atoms with Crippen molar-refractivity contribution in [1.29, 1.82) is 0 Å². The van der Waals surface area contributed by atoms with Gasteiger partial charge >= 0.3 is 0 Å². The van der Waals surface area contributed by atoms with Gasteiger partial charge in [-0.1, -0.05) is 12.1 Å². The first kappa shape index (κ1) is 19.2. The largest absolute Gasteiger partial charge is 0.493 e. The maximum Gasteiger partial charge on any atom is 0.233 e. The molecule has 0 aliphatic carbocycles. The van der Waals surface area contributed by atoms with Crippen LogP contribution in [0.25, 0.3) is 0 Å². The maximum atomic E-state index is 13.1. The highest BCUT2D eigenvalue weighted by Gasteiger charge is 2.10. The number of amides is 2. The standard InChI is InChI=1S/C19H21FN2O4/c1-25-16-7-6-13(10-17(16)26-2)8-9-21-18(23)12-19(24)22-15-5-3-4-14(20)11-15/h3-7,10-11H,8-9,12H2,1-2H3,(H,21,23)(H,22,24). The van der Waals surface area contributed by atoms with Crippen LogP contribution in [-0.4, -0.2) is 32.6 Å². The van der Waals surface area contributed by atoms with E-state index >= 15 is 0 Å². The van der Waals surface area contributed by atoms with Gasteiger partial charge in [-0.05, 0) is 42.3 Å². The van der Waals surface area contributed by atoms with Crippen LogP contribution in [0.15, 0.2) is 42.5 Å². The van der Waals surface area contributed by atoms with Gasteiger partial charge < -0.3 is 20.1 Å². The van der Waals surface area contributed by atoms with Crippen molar-refractivity contribution in [3.8, 4) is 11.5 Å². The van der Waals surface area contributed by atoms with Gasteiger partial charge in [0, 0.05) is 12.2 Å². The van der Waals surface area contributed by atoms with Crippen molar-refractivity contribution in [3.63, 3.8) is 0 Å². The molecule has 138 valence electrons. The van der Waals surface area contributed by atoms with E-state index in [1.807, 2.05) is 12.1 Å². The van der Waals surface area contributed by atoms with E-state index in [1.54, 1.807) is 26.4 Å². The van der Waals surface area contributed by atoms with E-state index in [-0.39, 0.29) is 6.42 Å². The van der Waals surface area contributed by atoms with Crippen LogP contribution in [0.1, 0.15) is 12.0 Å². The third-order valence-corrected chi connectivity index (χ3v) is 3.61. The summed E-state index contributed by atoms with van der Waals surface area (Å²) in [4.78, 5) is 23.6. The Kier molecular flexibility index (Phi) is 6.96. The quantitative estimate of drug-likeness (QED) is 0.710. The first-order valence-corrected chi connectivity index (χ1v) is 8.05. The zero-order valence-electron chi connectivity index (χ0n) is 14.7. The van der Waals surface area contributed by atoms with E-state index in [1.165, 1.54) is 18.2 Å². The van der Waals surface area contributed by atoms with Crippen LogP contribution < -0.4 is 20.1 Å². The Bertz CT molecular complexity index is 780. The van der Waals surface area contributed by atoms with Crippen molar-refractivity contribution in [2.75, 3.05) is 26.1 Å². The molecule has 2 aromatic rings. The fraction of sp³-hybridized carbons (Fsp3) is 0.263. The van der Waals surface area contributed by atoms with Crippen molar-refractivity contribution in [3.05, 3.63) is 53.8 Å². The van der Waals surface area contributed by atoms with E-state index in [0.717, 1.165) is 5.56 Å². The fourth-order valence-electron chi connectivity index (χ4n) is 2.36. The molecule has 0 aliphatic rings. The van der Waals surface area contributed by atoms with Gasteiger partial charge in [0.15, 0.2) is 11.5 Å². The summed E-state index contributed by atoms with van der Waals surface area (Å²) in [5.41, 5.74) is 1.28. The normalized spacial score (nSPS) is 10.1. The van der Waals surface area contributed by atoms with Crippen molar-refractivity contribution in [2.45, 2.75) is 12.8 Å². The maximum absolute atomic E-state index is 13.1. The van der Waals surface area contributed by atoms with Crippen molar-refractivity contribution < 1.29 is 23.5 Å². The highest BCUT2D eigenvalue weighted by Crippen LogP contribution is 2.27. The van der Waals surface area contributed by atoms with Gasteiger partial charge in [0.05, 0.1) is 14.2 Å². The lowest BCUT2D eigenvalue weighted by Gasteiger charge is -2.10. The Morgan fingerprint density at radius 2 is 1.77 bits per heavy atom. The van der Waals surface area contributed by atoms with E-state index < -0.39 is 17.6 Å². The molecule has 2 amide bonds. The molecular formula is C19H21FN2O4. The van der Waals surface area contributed by atoms with Gasteiger partial charge in [-0.25, -0.2) is 4.39 Å². The summed E-state index contributed by atoms with van der Waals surface area (Å²) >= 11 is 0. The lowest BCUT2D eigenvalue weighted by molar-refractivity contribution is -0.126. The number of halogens is 1. The van der Waals surface area contributed by atoms with E-state index in [0.29, 0.717) is 30.2 Å². The van der Waals surface area contributed by atoms with Crippen molar-refractivity contribution in [2.24, 2.45) is 0 Å². The number of hydrogen-bond donors (Lipinski definition) is 2. The van der Waals surface area contributed by atoms with Crippen molar-refractivity contribution in [1.82, 2.24) is 5.32 Å². The number of methoxy groups -OCH3 is 2. The number of carbonyl (C=O) groups is 2. The zero-order chi connectivity index (χ0) is 18.9. The zero-order valence-corrected chi connectivity index (χ0v) is 14.7. The Labute approximate surface area is 151 Å². The van der Waals surface area contributed by atoms with Crippen LogP contribution in [-0.2, 0) is 16.0 Å². The second kappa shape index (κ2) is 9.41. The summed E-state index contributed by atoms with van der Waals surface area (Å²) in [6.07, 6.45) is 0.250. The smallest absolute Gasteiger partial charge is 0.233 e. The van der Waals surface area contributed by atoms with Crippen LogP contribution in [0.3, 0.4) is 0 Å². The van der Waals surface area contributed by atoms with Gasteiger partial charge in [-0.3, -0.25) is 9.59 Å². The number of benzene rings is 2. The predicted molar refractivity (Wildman–Crippen MR) is 95.9 cm³/mol. The van der Waals surface area contributed by atoms with Crippen LogP contribution in [0, 0.1) is 5.82 Å². The molecule has 0 fully saturated rings. The minimum atomic E-state index is -0.501. The van der Waals surface area contributed by atoms with Gasteiger partial charge in [0.1, 0.15) is 12.2 Å². The van der Waals surface area contributed by atoms with Crippen molar-refractivity contribution >= 4 is 17.5 Å². The molecule has 0 aromatic heterocycles. The molecule has 0 bridgehead atoms. The van der Waals surface area contributed by atoms with E-state index in [4.69, 9.17) is 9.47 Å². The first-order chi connectivity index (χ1) is 12.5. The summed E-state index contributed by atoms with van der Waals surface area (Å²) in [6.45, 7) is 0.377. The van der Waals surface area contributed by atoms with Crippen LogP contribution >= 0.6 is 0 Å². The van der Waals surface area contributed by atoms with E-state index in [9.17, 15) is 14.0 Å². The Morgan fingerprint density at radius 1 is 1.00 bits per heavy atom. The number of rotatable bonds is 8. The third kappa shape index (κ3) is 5.77. The summed E-state index contributed by atoms with van der Waals surface area (Å²) in [5.74, 6) is -0.110. The number of hydrogen-bond acceptors (Lipinski definition) is 4. The molecule has 0 atom stereocenters. The Balaban J connectivity index is 1.77. The number of nitrogens with one attached hydrogen (secondary N) is 2. The Hall–Kier alpha value is -3.09. The van der Waals surface area contributed by atoms with Gasteiger partial charge in [0.25, 0.3) is 0 Å². The third-order valence-electron chi connectivity index (χ3n) is 3.61. The molecule has 0 aliphatic heterocycles. The molecule has 2 rings (SSSR count). The number of ether oxygens (including phenoxy) is 2. The molecule has 2 N–H and O–H groups in total. The Morgan fingerprint density at radius 3 is 2.46 bits per heavy atom. The average Bonchev–Trinajstić information content (AvgIpc) is 2.61. The molecule has 26 heavy (non-hydrogen) atoms. The van der Waals surface area contributed by atoms with Crippen LogP contribution in [0.5, 0.6) is 11.5 Å². The number of anilines is 1. The summed E-state index contributed by atoms with van der Waals surface area (Å²) in [6, 6.07) is 11.0. The minimum Gasteiger partial charge on any atom is -0.493 e. The summed E-state index contributed by atoms with van der Waals surface area (Å²) in [7, 11) is 3.12. The minimum absolute atomic E-state index is 0.313. The molecular weight excluding hydrogens is 339 g/mol. The highest BCUT2D eigenvalue weighted by atomic mass is 19.1. The monoisotopic (exact) mass is 360 g/mol. The molecule has 0 unspecified atom stereocenters. The molecule has 7 heteroatoms. The molecule has 0 spiro atoms. The lowest BCUT2D eigenvalue weighted by atomic mass is 10.1. The second-order valence-electron chi connectivity index (χ2n) is 5.52. The lowest BCUT2D eigenvalue weighted by Crippen LogP contribution is -2.29.